The van der Waals surface area contributed by atoms with Crippen LogP contribution in [-0.4, -0.2) is 25.8 Å². The Hall–Kier alpha value is -1.89. The molecule has 1 fully saturated rings. The minimum absolute atomic E-state index is 0.0485. The molecule has 1 heterocycles. The van der Waals surface area contributed by atoms with Crippen molar-refractivity contribution in [1.82, 2.24) is 4.31 Å². The molecule has 2 aromatic carbocycles. The predicted octanol–water partition coefficient (Wildman–Crippen LogP) is 2.37. The number of benzene rings is 2. The molecule has 1 atom stereocenters. The SMILES string of the molecule is Nc1ccc(S(=O)(=O)N2CCC([C@H](N)c3ccccc3)CC2)cc1. The lowest BCUT2D eigenvalue weighted by molar-refractivity contribution is 0.245. The third-order valence-electron chi connectivity index (χ3n) is 4.71. The zero-order valence-corrected chi connectivity index (χ0v) is 14.3. The second-order valence-electron chi connectivity index (χ2n) is 6.25. The molecule has 0 aliphatic carbocycles. The number of rotatable bonds is 4. The van der Waals surface area contributed by atoms with Crippen LogP contribution in [0.25, 0.3) is 0 Å². The van der Waals surface area contributed by atoms with Crippen molar-refractivity contribution >= 4 is 15.7 Å². The fraction of sp³-hybridized carbons (Fsp3) is 0.333. The Labute approximate surface area is 143 Å². The van der Waals surface area contributed by atoms with Gasteiger partial charge in [-0.3, -0.25) is 0 Å². The Balaban J connectivity index is 1.67. The van der Waals surface area contributed by atoms with E-state index in [1.54, 1.807) is 28.6 Å². The Morgan fingerprint density at radius 2 is 1.54 bits per heavy atom. The van der Waals surface area contributed by atoms with Gasteiger partial charge in [-0.25, -0.2) is 8.42 Å². The summed E-state index contributed by atoms with van der Waals surface area (Å²) in [6.45, 7) is 0.996. The van der Waals surface area contributed by atoms with Gasteiger partial charge in [0.2, 0.25) is 10.0 Å². The minimum atomic E-state index is -3.46. The first kappa shape index (κ1) is 17.0. The van der Waals surface area contributed by atoms with E-state index in [-0.39, 0.29) is 6.04 Å². The highest BCUT2D eigenvalue weighted by Crippen LogP contribution is 2.31. The Bertz CT molecular complexity index is 768. The van der Waals surface area contributed by atoms with Gasteiger partial charge < -0.3 is 11.5 Å². The second-order valence-corrected chi connectivity index (χ2v) is 8.18. The average molecular weight is 345 g/mol. The summed E-state index contributed by atoms with van der Waals surface area (Å²) >= 11 is 0. The van der Waals surface area contributed by atoms with Crippen LogP contribution in [0.15, 0.2) is 59.5 Å². The third-order valence-corrected chi connectivity index (χ3v) is 6.62. The number of hydrogen-bond acceptors (Lipinski definition) is 4. The van der Waals surface area contributed by atoms with E-state index in [2.05, 4.69) is 0 Å². The molecule has 0 aromatic heterocycles. The van der Waals surface area contributed by atoms with Gasteiger partial charge in [0.1, 0.15) is 0 Å². The maximum Gasteiger partial charge on any atom is 0.243 e. The quantitative estimate of drug-likeness (QED) is 0.833. The number of sulfonamides is 1. The average Bonchev–Trinajstić information content (AvgIpc) is 2.62. The van der Waals surface area contributed by atoms with E-state index in [1.807, 2.05) is 30.3 Å². The van der Waals surface area contributed by atoms with Crippen LogP contribution in [0.4, 0.5) is 5.69 Å². The van der Waals surface area contributed by atoms with Gasteiger partial charge >= 0.3 is 0 Å². The summed E-state index contributed by atoms with van der Waals surface area (Å²) in [7, 11) is -3.46. The van der Waals surface area contributed by atoms with Gasteiger partial charge in [-0.1, -0.05) is 30.3 Å². The van der Waals surface area contributed by atoms with Crippen molar-refractivity contribution in [2.75, 3.05) is 18.8 Å². The van der Waals surface area contributed by atoms with E-state index in [0.717, 1.165) is 18.4 Å². The molecule has 1 aliphatic heterocycles. The zero-order chi connectivity index (χ0) is 17.2. The molecule has 4 N–H and O–H groups in total. The van der Waals surface area contributed by atoms with Crippen LogP contribution in [0.1, 0.15) is 24.4 Å². The molecular weight excluding hydrogens is 322 g/mol. The van der Waals surface area contributed by atoms with Gasteiger partial charge in [0.15, 0.2) is 0 Å². The first-order valence-electron chi connectivity index (χ1n) is 8.15. The van der Waals surface area contributed by atoms with Crippen LogP contribution in [0, 0.1) is 5.92 Å². The predicted molar refractivity (Wildman–Crippen MR) is 95.7 cm³/mol. The third kappa shape index (κ3) is 3.45. The molecule has 128 valence electrons. The molecule has 0 bridgehead atoms. The number of hydrogen-bond donors (Lipinski definition) is 2. The lowest BCUT2D eigenvalue weighted by atomic mass is 9.87. The van der Waals surface area contributed by atoms with Crippen molar-refractivity contribution in [1.29, 1.82) is 0 Å². The number of anilines is 1. The highest BCUT2D eigenvalue weighted by Gasteiger charge is 2.31. The standard InChI is InChI=1S/C18H23N3O2S/c19-16-6-8-17(9-7-16)24(22,23)21-12-10-15(11-13-21)18(20)14-4-2-1-3-5-14/h1-9,15,18H,10-13,19-20H2/t18-/m1/s1. The summed E-state index contributed by atoms with van der Waals surface area (Å²) in [4.78, 5) is 0.294. The molecule has 0 unspecified atom stereocenters. The summed E-state index contributed by atoms with van der Waals surface area (Å²) in [5.74, 6) is 0.297. The lowest BCUT2D eigenvalue weighted by Gasteiger charge is -2.34. The number of nitrogen functional groups attached to an aromatic ring is 1. The monoisotopic (exact) mass is 345 g/mol. The fourth-order valence-electron chi connectivity index (χ4n) is 3.21. The zero-order valence-electron chi connectivity index (χ0n) is 13.5. The maximum absolute atomic E-state index is 12.7. The molecule has 2 aromatic rings. The fourth-order valence-corrected chi connectivity index (χ4v) is 4.68. The highest BCUT2D eigenvalue weighted by atomic mass is 32.2. The smallest absolute Gasteiger partial charge is 0.243 e. The van der Waals surface area contributed by atoms with Crippen molar-refractivity contribution in [2.45, 2.75) is 23.8 Å². The molecule has 0 amide bonds. The summed E-state index contributed by atoms with van der Waals surface area (Å²) in [6.07, 6.45) is 1.54. The topological polar surface area (TPSA) is 89.4 Å². The van der Waals surface area contributed by atoms with Crippen molar-refractivity contribution in [3.63, 3.8) is 0 Å². The highest BCUT2D eigenvalue weighted by molar-refractivity contribution is 7.89. The molecule has 0 radical (unpaired) electrons. The summed E-state index contributed by atoms with van der Waals surface area (Å²) < 4.78 is 26.9. The Morgan fingerprint density at radius 3 is 2.12 bits per heavy atom. The molecule has 0 saturated carbocycles. The summed E-state index contributed by atoms with van der Waals surface area (Å²) in [5, 5.41) is 0. The minimum Gasteiger partial charge on any atom is -0.399 e. The first-order valence-corrected chi connectivity index (χ1v) is 9.59. The van der Waals surface area contributed by atoms with Crippen molar-refractivity contribution in [3.8, 4) is 0 Å². The van der Waals surface area contributed by atoms with Gasteiger partial charge in [0.05, 0.1) is 4.90 Å². The van der Waals surface area contributed by atoms with Gasteiger partial charge in [-0.15, -0.1) is 0 Å². The van der Waals surface area contributed by atoms with E-state index in [4.69, 9.17) is 11.5 Å². The molecule has 24 heavy (non-hydrogen) atoms. The molecule has 1 saturated heterocycles. The normalized spacial score (nSPS) is 18.4. The molecule has 3 rings (SSSR count). The van der Waals surface area contributed by atoms with Crippen molar-refractivity contribution in [3.05, 3.63) is 60.2 Å². The Kier molecular flexibility index (Phi) is 4.89. The van der Waals surface area contributed by atoms with Crippen LogP contribution in [0.2, 0.25) is 0 Å². The largest absolute Gasteiger partial charge is 0.399 e. The first-order chi connectivity index (χ1) is 11.5. The van der Waals surface area contributed by atoms with Gasteiger partial charge in [-0.2, -0.15) is 4.31 Å². The van der Waals surface area contributed by atoms with Crippen LogP contribution in [-0.2, 0) is 10.0 Å². The van der Waals surface area contributed by atoms with Gasteiger partial charge in [0, 0.05) is 24.8 Å². The number of piperidine rings is 1. The number of nitrogens with zero attached hydrogens (tertiary/aromatic N) is 1. The van der Waals surface area contributed by atoms with E-state index in [9.17, 15) is 8.42 Å². The van der Waals surface area contributed by atoms with Crippen LogP contribution in [0.3, 0.4) is 0 Å². The van der Waals surface area contributed by atoms with E-state index in [1.165, 1.54) is 0 Å². The number of nitrogens with two attached hydrogens (primary N) is 2. The van der Waals surface area contributed by atoms with E-state index in [0.29, 0.717) is 29.6 Å². The summed E-state index contributed by atoms with van der Waals surface area (Å²) in [5.41, 5.74) is 13.7. The second kappa shape index (κ2) is 6.93. The summed E-state index contributed by atoms with van der Waals surface area (Å²) in [6, 6.07) is 16.3. The van der Waals surface area contributed by atoms with E-state index < -0.39 is 10.0 Å². The lowest BCUT2D eigenvalue weighted by Crippen LogP contribution is -2.40. The molecule has 0 spiro atoms. The van der Waals surface area contributed by atoms with Gasteiger partial charge in [0.25, 0.3) is 0 Å². The molecule has 6 heteroatoms. The van der Waals surface area contributed by atoms with Crippen LogP contribution >= 0.6 is 0 Å². The molecule has 5 nitrogen and oxygen atoms in total. The van der Waals surface area contributed by atoms with Crippen molar-refractivity contribution in [2.24, 2.45) is 11.7 Å². The Morgan fingerprint density at radius 1 is 0.958 bits per heavy atom. The van der Waals surface area contributed by atoms with Crippen molar-refractivity contribution < 1.29 is 8.42 Å². The molecule has 1 aliphatic rings. The van der Waals surface area contributed by atoms with Crippen LogP contribution in [0.5, 0.6) is 0 Å². The van der Waals surface area contributed by atoms with Crippen LogP contribution < -0.4 is 11.5 Å². The van der Waals surface area contributed by atoms with Gasteiger partial charge in [-0.05, 0) is 48.6 Å². The van der Waals surface area contributed by atoms with E-state index >= 15 is 0 Å². The molecular formula is C18H23N3O2S. The maximum atomic E-state index is 12.7.